The Hall–Kier alpha value is -1.28. The van der Waals surface area contributed by atoms with Crippen LogP contribution in [0.4, 0.5) is 0 Å². The molecule has 0 saturated carbocycles. The molecule has 2 heteroatoms. The molecular weight excluding hydrogens is 172 g/mol. The maximum atomic E-state index is 4.12. The predicted octanol–water partition coefficient (Wildman–Crippen LogP) is 1.73. The lowest BCUT2D eigenvalue weighted by atomic mass is 10.0. The molecule has 1 aromatic heterocycles. The molecule has 2 rings (SSSR count). The zero-order chi connectivity index (χ0) is 9.97. The van der Waals surface area contributed by atoms with Crippen molar-refractivity contribution in [2.45, 2.75) is 25.8 Å². The molecule has 0 aliphatic carbocycles. The number of hydrogen-bond acceptors (Lipinski definition) is 0. The fourth-order valence-electron chi connectivity index (χ4n) is 1.76. The van der Waals surface area contributed by atoms with Crippen LogP contribution in [0.5, 0.6) is 0 Å². The van der Waals surface area contributed by atoms with E-state index >= 15 is 0 Å². The minimum absolute atomic E-state index is 0.522. The van der Waals surface area contributed by atoms with E-state index < -0.39 is 0 Å². The molecule has 0 fully saturated rings. The standard InChI is InChI=1S/C12H16N2/c1-2-10(13)7-9-8-14-12-6-4-3-5-11(9)12/h3-6,8,10,14H,2,7,13H2,1H3/p+1/t10-/m0/s1. The van der Waals surface area contributed by atoms with Gasteiger partial charge in [0.2, 0.25) is 0 Å². The van der Waals surface area contributed by atoms with Crippen LogP contribution in [0.15, 0.2) is 30.5 Å². The Morgan fingerprint density at radius 3 is 2.93 bits per heavy atom. The summed E-state index contributed by atoms with van der Waals surface area (Å²) in [5, 5.41) is 1.34. The number of fused-ring (bicyclic) bond motifs is 1. The van der Waals surface area contributed by atoms with Gasteiger partial charge in [0.15, 0.2) is 0 Å². The van der Waals surface area contributed by atoms with Crippen LogP contribution in [0, 0.1) is 0 Å². The molecule has 0 amide bonds. The number of quaternary nitrogens is 1. The van der Waals surface area contributed by atoms with Crippen LogP contribution in [0.2, 0.25) is 0 Å². The van der Waals surface area contributed by atoms with Gasteiger partial charge in [-0.05, 0) is 18.1 Å². The Balaban J connectivity index is 2.33. The van der Waals surface area contributed by atoms with Crippen molar-refractivity contribution in [3.8, 4) is 0 Å². The molecule has 0 radical (unpaired) electrons. The van der Waals surface area contributed by atoms with Gasteiger partial charge in [0.1, 0.15) is 0 Å². The van der Waals surface area contributed by atoms with Crippen LogP contribution in [0.25, 0.3) is 10.9 Å². The van der Waals surface area contributed by atoms with Gasteiger partial charge in [-0.25, -0.2) is 0 Å². The Morgan fingerprint density at radius 2 is 2.14 bits per heavy atom. The summed E-state index contributed by atoms with van der Waals surface area (Å²) in [6.07, 6.45) is 4.32. The highest BCUT2D eigenvalue weighted by atomic mass is 14.7. The molecule has 74 valence electrons. The second-order valence-electron chi connectivity index (χ2n) is 3.84. The lowest BCUT2D eigenvalue weighted by Gasteiger charge is -2.03. The highest BCUT2D eigenvalue weighted by Crippen LogP contribution is 2.18. The summed E-state index contributed by atoms with van der Waals surface area (Å²) in [5.41, 5.74) is 6.74. The van der Waals surface area contributed by atoms with Crippen molar-refractivity contribution in [2.75, 3.05) is 0 Å². The highest BCUT2D eigenvalue weighted by Gasteiger charge is 2.08. The SMILES string of the molecule is CC[C@H]([NH3+])Cc1c[nH]c2ccccc12. The summed E-state index contributed by atoms with van der Waals surface area (Å²) >= 11 is 0. The molecule has 0 unspecified atom stereocenters. The molecule has 0 spiro atoms. The summed E-state index contributed by atoms with van der Waals surface area (Å²) in [7, 11) is 0. The average molecular weight is 189 g/mol. The number of hydrogen-bond donors (Lipinski definition) is 2. The first-order chi connectivity index (χ1) is 6.81. The van der Waals surface area contributed by atoms with Gasteiger partial charge < -0.3 is 10.7 Å². The van der Waals surface area contributed by atoms with Crippen molar-refractivity contribution in [1.29, 1.82) is 0 Å². The number of aromatic nitrogens is 1. The summed E-state index contributed by atoms with van der Waals surface area (Å²) in [6.45, 7) is 2.19. The van der Waals surface area contributed by atoms with Gasteiger partial charge in [-0.2, -0.15) is 0 Å². The molecular formula is C12H17N2+. The van der Waals surface area contributed by atoms with Crippen LogP contribution in [-0.4, -0.2) is 11.0 Å². The van der Waals surface area contributed by atoms with Crippen molar-refractivity contribution < 1.29 is 5.73 Å². The number of benzene rings is 1. The van der Waals surface area contributed by atoms with Crippen LogP contribution in [0.3, 0.4) is 0 Å². The quantitative estimate of drug-likeness (QED) is 0.738. The van der Waals surface area contributed by atoms with E-state index in [0.29, 0.717) is 6.04 Å². The van der Waals surface area contributed by atoms with Gasteiger partial charge in [0.25, 0.3) is 0 Å². The summed E-state index contributed by atoms with van der Waals surface area (Å²) in [6, 6.07) is 8.95. The Kier molecular flexibility index (Phi) is 2.55. The largest absolute Gasteiger partial charge is 0.361 e. The van der Waals surface area contributed by atoms with E-state index in [0.717, 1.165) is 12.8 Å². The number of para-hydroxylation sites is 1. The van der Waals surface area contributed by atoms with Crippen molar-refractivity contribution in [1.82, 2.24) is 4.98 Å². The van der Waals surface area contributed by atoms with Crippen LogP contribution < -0.4 is 5.73 Å². The topological polar surface area (TPSA) is 43.4 Å². The predicted molar refractivity (Wildman–Crippen MR) is 59.0 cm³/mol. The Morgan fingerprint density at radius 1 is 1.36 bits per heavy atom. The normalized spacial score (nSPS) is 13.3. The molecule has 4 N–H and O–H groups in total. The molecule has 0 bridgehead atoms. The second kappa shape index (κ2) is 3.84. The maximum absolute atomic E-state index is 4.12. The van der Waals surface area contributed by atoms with E-state index in [2.05, 4.69) is 48.1 Å². The first kappa shape index (κ1) is 9.28. The van der Waals surface area contributed by atoms with Gasteiger partial charge in [0, 0.05) is 23.5 Å². The number of nitrogens with one attached hydrogen (secondary N) is 1. The van der Waals surface area contributed by atoms with Gasteiger partial charge >= 0.3 is 0 Å². The zero-order valence-corrected chi connectivity index (χ0v) is 8.59. The van der Waals surface area contributed by atoms with Crippen molar-refractivity contribution in [2.24, 2.45) is 0 Å². The van der Waals surface area contributed by atoms with Crippen LogP contribution in [-0.2, 0) is 6.42 Å². The highest BCUT2D eigenvalue weighted by molar-refractivity contribution is 5.83. The first-order valence-corrected chi connectivity index (χ1v) is 5.19. The Labute approximate surface area is 84.1 Å². The summed E-state index contributed by atoms with van der Waals surface area (Å²) < 4.78 is 0. The summed E-state index contributed by atoms with van der Waals surface area (Å²) in [4.78, 5) is 3.29. The van der Waals surface area contributed by atoms with Gasteiger partial charge in [-0.15, -0.1) is 0 Å². The molecule has 2 nitrogen and oxygen atoms in total. The molecule has 14 heavy (non-hydrogen) atoms. The molecule has 1 atom stereocenters. The fraction of sp³-hybridized carbons (Fsp3) is 0.333. The Bertz CT molecular complexity index is 417. The smallest absolute Gasteiger partial charge is 0.0882 e. The lowest BCUT2D eigenvalue weighted by Crippen LogP contribution is -2.61. The fourth-order valence-corrected chi connectivity index (χ4v) is 1.76. The van der Waals surface area contributed by atoms with Crippen LogP contribution in [0.1, 0.15) is 18.9 Å². The molecule has 2 aromatic rings. The molecule has 0 saturated heterocycles. The van der Waals surface area contributed by atoms with E-state index in [1.807, 2.05) is 0 Å². The summed E-state index contributed by atoms with van der Waals surface area (Å²) in [5.74, 6) is 0. The third kappa shape index (κ3) is 1.66. The third-order valence-corrected chi connectivity index (χ3v) is 2.76. The van der Waals surface area contributed by atoms with Crippen LogP contribution >= 0.6 is 0 Å². The minimum atomic E-state index is 0.522. The molecule has 0 aliphatic heterocycles. The van der Waals surface area contributed by atoms with E-state index in [-0.39, 0.29) is 0 Å². The number of rotatable bonds is 3. The monoisotopic (exact) mass is 189 g/mol. The van der Waals surface area contributed by atoms with Crippen molar-refractivity contribution in [3.05, 3.63) is 36.0 Å². The first-order valence-electron chi connectivity index (χ1n) is 5.19. The van der Waals surface area contributed by atoms with Gasteiger partial charge in [-0.3, -0.25) is 0 Å². The average Bonchev–Trinajstić information content (AvgIpc) is 2.62. The minimum Gasteiger partial charge on any atom is -0.361 e. The van der Waals surface area contributed by atoms with Crippen molar-refractivity contribution in [3.63, 3.8) is 0 Å². The molecule has 1 heterocycles. The van der Waals surface area contributed by atoms with Crippen molar-refractivity contribution >= 4 is 10.9 Å². The van der Waals surface area contributed by atoms with E-state index in [1.165, 1.54) is 16.5 Å². The van der Waals surface area contributed by atoms with Gasteiger partial charge in [-0.1, -0.05) is 25.1 Å². The zero-order valence-electron chi connectivity index (χ0n) is 8.59. The lowest BCUT2D eigenvalue weighted by molar-refractivity contribution is -0.419. The molecule has 1 aromatic carbocycles. The number of H-pyrrole nitrogens is 1. The number of aromatic amines is 1. The third-order valence-electron chi connectivity index (χ3n) is 2.76. The van der Waals surface area contributed by atoms with E-state index in [1.54, 1.807) is 0 Å². The van der Waals surface area contributed by atoms with Gasteiger partial charge in [0.05, 0.1) is 6.04 Å². The van der Waals surface area contributed by atoms with E-state index in [9.17, 15) is 0 Å². The molecule has 0 aliphatic rings. The second-order valence-corrected chi connectivity index (χ2v) is 3.84. The van der Waals surface area contributed by atoms with E-state index in [4.69, 9.17) is 0 Å². The maximum Gasteiger partial charge on any atom is 0.0882 e.